The molecule has 0 spiro atoms. The summed E-state index contributed by atoms with van der Waals surface area (Å²) >= 11 is 0. The van der Waals surface area contributed by atoms with Gasteiger partial charge in [-0.05, 0) is 0 Å². The van der Waals surface area contributed by atoms with Crippen LogP contribution in [0.25, 0.3) is 0 Å². The minimum absolute atomic E-state index is 0.415. The molecule has 96 valence electrons. The van der Waals surface area contributed by atoms with Crippen molar-refractivity contribution in [2.75, 3.05) is 19.8 Å². The Labute approximate surface area is 94.0 Å². The van der Waals surface area contributed by atoms with Gasteiger partial charge in [-0.1, -0.05) is 0 Å². The third-order valence-electron chi connectivity index (χ3n) is 2.43. The van der Waals surface area contributed by atoms with Crippen LogP contribution in [0.4, 0.5) is 0 Å². The normalized spacial score (nSPS) is 11.7. The number of nitrogens with zero attached hydrogens (tertiary/aromatic N) is 1. The van der Waals surface area contributed by atoms with Crippen molar-refractivity contribution in [2.45, 2.75) is 6.54 Å². The van der Waals surface area contributed by atoms with Crippen LogP contribution < -0.4 is 17.1 Å². The molecule has 9 nitrogen and oxygen atoms in total. The maximum Gasteiger partial charge on any atom is 0.333 e. The van der Waals surface area contributed by atoms with Crippen molar-refractivity contribution in [3.63, 3.8) is 0 Å². The highest BCUT2D eigenvalue weighted by Crippen LogP contribution is 2.15. The molecule has 5 N–H and O–H groups in total. The molecule has 0 unspecified atom stereocenters. The molecular formula is C8H13N3O6. The van der Waals surface area contributed by atoms with E-state index in [0.717, 1.165) is 0 Å². The zero-order valence-corrected chi connectivity index (χ0v) is 8.84. The minimum Gasteiger partial charge on any atom is -0.396 e. The maximum atomic E-state index is 11.3. The van der Waals surface area contributed by atoms with Crippen LogP contribution in [0.2, 0.25) is 0 Å². The van der Waals surface area contributed by atoms with E-state index in [0.29, 0.717) is 4.57 Å². The number of aliphatic hydroxyl groups excluding tert-OH is 3. The lowest BCUT2D eigenvalue weighted by molar-refractivity contribution is -0.00864. The van der Waals surface area contributed by atoms with Crippen molar-refractivity contribution < 1.29 is 15.3 Å². The molecule has 9 heteroatoms. The highest BCUT2D eigenvalue weighted by molar-refractivity contribution is 4.80. The van der Waals surface area contributed by atoms with Crippen LogP contribution >= 0.6 is 0 Å². The summed E-state index contributed by atoms with van der Waals surface area (Å²) in [6.45, 7) is -2.28. The summed E-state index contributed by atoms with van der Waals surface area (Å²) in [5.41, 5.74) is -4.30. The minimum atomic E-state index is -1.41. The van der Waals surface area contributed by atoms with Crippen LogP contribution in [-0.2, 0) is 6.54 Å². The quantitative estimate of drug-likeness (QED) is 0.360. The summed E-state index contributed by atoms with van der Waals surface area (Å²) in [6.07, 6.45) is 0. The van der Waals surface area contributed by atoms with Gasteiger partial charge in [-0.15, -0.1) is 0 Å². The summed E-state index contributed by atoms with van der Waals surface area (Å²) in [6, 6.07) is 0. The molecule has 1 aromatic heterocycles. The number of hydrogen-bond acceptors (Lipinski definition) is 6. The van der Waals surface area contributed by atoms with Crippen molar-refractivity contribution in [3.05, 3.63) is 31.5 Å². The second-order valence-corrected chi connectivity index (χ2v) is 3.75. The SMILES string of the molecule is O=c1[nH]c(=O)n(CC(CO)(CO)CO)c(=O)[nH]1. The summed E-state index contributed by atoms with van der Waals surface area (Å²) in [4.78, 5) is 37.1. The molecule has 0 atom stereocenters. The highest BCUT2D eigenvalue weighted by Gasteiger charge is 2.30. The second kappa shape index (κ2) is 5.08. The molecule has 1 rings (SSSR count). The zero-order valence-electron chi connectivity index (χ0n) is 8.84. The van der Waals surface area contributed by atoms with Gasteiger partial charge in [0, 0.05) is 6.54 Å². The number of H-pyrrole nitrogens is 2. The Balaban J connectivity index is 3.24. The molecule has 0 fully saturated rings. The van der Waals surface area contributed by atoms with Gasteiger partial charge in [0.05, 0.1) is 25.2 Å². The van der Waals surface area contributed by atoms with Gasteiger partial charge < -0.3 is 15.3 Å². The smallest absolute Gasteiger partial charge is 0.333 e. The third-order valence-corrected chi connectivity index (χ3v) is 2.43. The van der Waals surface area contributed by atoms with Gasteiger partial charge in [0.25, 0.3) is 0 Å². The first-order valence-electron chi connectivity index (χ1n) is 4.74. The Morgan fingerprint density at radius 1 is 0.941 bits per heavy atom. The Kier molecular flexibility index (Phi) is 3.99. The summed E-state index contributed by atoms with van der Waals surface area (Å²) in [5.74, 6) is 0. The number of rotatable bonds is 5. The Morgan fingerprint density at radius 3 is 1.71 bits per heavy atom. The second-order valence-electron chi connectivity index (χ2n) is 3.75. The van der Waals surface area contributed by atoms with E-state index in [-0.39, 0.29) is 0 Å². The maximum absolute atomic E-state index is 11.3. The molecule has 0 saturated heterocycles. The van der Waals surface area contributed by atoms with Gasteiger partial charge in [-0.3, -0.25) is 9.97 Å². The van der Waals surface area contributed by atoms with Crippen molar-refractivity contribution in [1.82, 2.24) is 14.5 Å². The lowest BCUT2D eigenvalue weighted by atomic mass is 9.91. The van der Waals surface area contributed by atoms with Gasteiger partial charge in [-0.2, -0.15) is 0 Å². The molecule has 1 heterocycles. The van der Waals surface area contributed by atoms with Crippen molar-refractivity contribution in [3.8, 4) is 0 Å². The summed E-state index contributed by atoms with van der Waals surface area (Å²) < 4.78 is 0.587. The Morgan fingerprint density at radius 2 is 1.35 bits per heavy atom. The number of aromatic amines is 2. The van der Waals surface area contributed by atoms with E-state index in [4.69, 9.17) is 15.3 Å². The number of nitrogens with one attached hydrogen (secondary N) is 2. The van der Waals surface area contributed by atoms with E-state index in [2.05, 4.69) is 0 Å². The molecule has 0 aliphatic carbocycles. The van der Waals surface area contributed by atoms with Gasteiger partial charge in [0.15, 0.2) is 0 Å². The molecule has 0 aromatic carbocycles. The van der Waals surface area contributed by atoms with Gasteiger partial charge in [0.1, 0.15) is 0 Å². The van der Waals surface area contributed by atoms with Crippen LogP contribution in [0.1, 0.15) is 0 Å². The van der Waals surface area contributed by atoms with E-state index in [1.54, 1.807) is 0 Å². The molecular weight excluding hydrogens is 234 g/mol. The Hall–Kier alpha value is -1.71. The molecule has 1 aromatic rings. The predicted molar refractivity (Wildman–Crippen MR) is 55.6 cm³/mol. The lowest BCUT2D eigenvalue weighted by Crippen LogP contribution is -2.49. The van der Waals surface area contributed by atoms with Crippen molar-refractivity contribution in [1.29, 1.82) is 0 Å². The topological polar surface area (TPSA) is 148 Å². The van der Waals surface area contributed by atoms with Crippen molar-refractivity contribution in [2.24, 2.45) is 5.41 Å². The summed E-state index contributed by atoms with van der Waals surface area (Å²) in [5, 5.41) is 27.2. The first-order valence-corrected chi connectivity index (χ1v) is 4.74. The predicted octanol–water partition coefficient (Wildman–Crippen LogP) is -3.81. The fourth-order valence-corrected chi connectivity index (χ4v) is 1.23. The fourth-order valence-electron chi connectivity index (χ4n) is 1.23. The monoisotopic (exact) mass is 247 g/mol. The average Bonchev–Trinajstić information content (AvgIpc) is 2.29. The molecule has 0 saturated carbocycles. The number of hydrogen-bond donors (Lipinski definition) is 5. The standard InChI is InChI=1S/C8H13N3O6/c12-2-8(3-13,4-14)1-11-6(16)9-5(15)10-7(11)17/h12-14H,1-4H2,(H2,9,10,15,16,17). The molecule has 0 aliphatic rings. The van der Waals surface area contributed by atoms with Crippen molar-refractivity contribution >= 4 is 0 Å². The van der Waals surface area contributed by atoms with Crippen LogP contribution in [0.5, 0.6) is 0 Å². The lowest BCUT2D eigenvalue weighted by Gasteiger charge is -2.26. The molecule has 0 radical (unpaired) electrons. The first kappa shape index (κ1) is 13.4. The fraction of sp³-hybridized carbons (Fsp3) is 0.625. The van der Waals surface area contributed by atoms with E-state index >= 15 is 0 Å². The first-order chi connectivity index (χ1) is 7.98. The van der Waals surface area contributed by atoms with E-state index in [1.807, 2.05) is 9.97 Å². The van der Waals surface area contributed by atoms with Gasteiger partial charge in [0.2, 0.25) is 0 Å². The Bertz CT molecular complexity index is 495. The molecule has 0 aliphatic heterocycles. The highest BCUT2D eigenvalue weighted by atomic mass is 16.3. The molecule has 0 bridgehead atoms. The van der Waals surface area contributed by atoms with Gasteiger partial charge in [-0.25, -0.2) is 19.0 Å². The zero-order chi connectivity index (χ0) is 13.1. The van der Waals surface area contributed by atoms with E-state index in [1.165, 1.54) is 0 Å². The summed E-state index contributed by atoms with van der Waals surface area (Å²) in [7, 11) is 0. The molecule has 17 heavy (non-hydrogen) atoms. The average molecular weight is 247 g/mol. The van der Waals surface area contributed by atoms with Gasteiger partial charge >= 0.3 is 17.1 Å². The van der Waals surface area contributed by atoms with Crippen LogP contribution in [-0.4, -0.2) is 49.7 Å². The van der Waals surface area contributed by atoms with E-state index in [9.17, 15) is 14.4 Å². The van der Waals surface area contributed by atoms with E-state index < -0.39 is 48.8 Å². The van der Waals surface area contributed by atoms with Crippen LogP contribution in [0.3, 0.4) is 0 Å². The van der Waals surface area contributed by atoms with Crippen LogP contribution in [0.15, 0.2) is 14.4 Å². The number of aliphatic hydroxyl groups is 3. The third kappa shape index (κ3) is 2.70. The van der Waals surface area contributed by atoms with Crippen LogP contribution in [0, 0.1) is 5.41 Å². The number of aromatic nitrogens is 3. The largest absolute Gasteiger partial charge is 0.396 e. The molecule has 0 amide bonds.